The Balaban J connectivity index is -0.0000000450. The second-order valence-corrected chi connectivity index (χ2v) is 0.651. The maximum absolute atomic E-state index is 8.56. The molecule has 0 heterocycles. The molecule has 0 radical (unpaired) electrons. The molecule has 0 aromatic rings. The van der Waals surface area contributed by atoms with Crippen LogP contribution in [-0.2, 0) is 36.5 Å². The summed E-state index contributed by atoms with van der Waals surface area (Å²) in [7, 11) is -2.86. The molecule has 0 saturated heterocycles. The van der Waals surface area contributed by atoms with Gasteiger partial charge in [0.2, 0.25) is 0 Å². The van der Waals surface area contributed by atoms with E-state index >= 15 is 0 Å². The van der Waals surface area contributed by atoms with Crippen molar-refractivity contribution in [2.24, 2.45) is 0 Å². The molecule has 0 bridgehead atoms. The topological polar surface area (TPSA) is 87.9 Å². The molecule has 0 aliphatic rings. The van der Waals surface area contributed by atoms with Gasteiger partial charge in [0.05, 0.1) is 0 Å². The van der Waals surface area contributed by atoms with Crippen LogP contribution in [0.15, 0.2) is 0 Å². The van der Waals surface area contributed by atoms with E-state index in [2.05, 4.69) is 0 Å². The van der Waals surface area contributed by atoms with Crippen LogP contribution in [-0.4, -0.2) is 4.55 Å². The minimum Gasteiger partial charge on any atom is -0.693 e. The monoisotopic (exact) mass is 153 g/mol. The third kappa shape index (κ3) is 332. The van der Waals surface area contributed by atoms with E-state index in [1.54, 1.807) is 0 Å². The number of nitrogens with two attached hydrogens (primary N) is 1. The van der Waals surface area contributed by atoms with E-state index in [0.29, 0.717) is 0 Å². The van der Waals surface area contributed by atoms with Gasteiger partial charge in [-0.05, 0) is 0 Å². The SMILES string of the molecule is O=[S-](=O)O.[Fe+2].[NH2-]. The fraction of sp³-hybridized carbons (Fsp3) is 0. The molecular formula is H3FeNO3S. The van der Waals surface area contributed by atoms with Crippen molar-refractivity contribution in [3.8, 4) is 0 Å². The van der Waals surface area contributed by atoms with Crippen LogP contribution in [0.2, 0.25) is 0 Å². The molecule has 0 aromatic heterocycles. The first-order valence-corrected chi connectivity index (χ1v) is 1.55. The third-order valence-electron chi connectivity index (χ3n) is 0. The molecule has 0 fully saturated rings. The van der Waals surface area contributed by atoms with E-state index in [1.165, 1.54) is 0 Å². The van der Waals surface area contributed by atoms with Gasteiger partial charge in [-0.15, -0.1) is 0 Å². The van der Waals surface area contributed by atoms with Gasteiger partial charge < -0.3 is 19.1 Å². The predicted octanol–water partition coefficient (Wildman–Crippen LogP) is 0.483. The van der Waals surface area contributed by atoms with Crippen LogP contribution in [0.4, 0.5) is 0 Å². The quantitative estimate of drug-likeness (QED) is 0.237. The largest absolute Gasteiger partial charge is 2.00 e. The first-order chi connectivity index (χ1) is 1.73. The van der Waals surface area contributed by atoms with E-state index in [-0.39, 0.29) is 23.2 Å². The van der Waals surface area contributed by atoms with Gasteiger partial charge in [0.25, 0.3) is 0 Å². The van der Waals surface area contributed by atoms with Gasteiger partial charge in [-0.25, -0.2) is 0 Å². The number of hydrogen-bond acceptors (Lipinski definition) is 3. The van der Waals surface area contributed by atoms with Crippen LogP contribution in [0.3, 0.4) is 0 Å². The number of hydrogen-bond donors (Lipinski definition) is 1. The summed E-state index contributed by atoms with van der Waals surface area (Å²) in [6.45, 7) is 0. The van der Waals surface area contributed by atoms with Crippen molar-refractivity contribution in [2.75, 3.05) is 0 Å². The van der Waals surface area contributed by atoms with Crippen LogP contribution in [0, 0.1) is 0 Å². The molecule has 4 nitrogen and oxygen atoms in total. The average molecular weight is 153 g/mol. The van der Waals surface area contributed by atoms with E-state index in [9.17, 15) is 0 Å². The van der Waals surface area contributed by atoms with Crippen molar-refractivity contribution in [3.05, 3.63) is 6.15 Å². The van der Waals surface area contributed by atoms with E-state index in [4.69, 9.17) is 13.0 Å². The summed E-state index contributed by atoms with van der Waals surface area (Å²) >= 11 is 0. The van der Waals surface area contributed by atoms with Gasteiger partial charge in [0.15, 0.2) is 0 Å². The van der Waals surface area contributed by atoms with Gasteiger partial charge in [0, 0.05) is 11.0 Å². The van der Waals surface area contributed by atoms with Crippen molar-refractivity contribution >= 4 is 11.0 Å². The summed E-state index contributed by atoms with van der Waals surface area (Å²) < 4.78 is 24.1. The van der Waals surface area contributed by atoms with E-state index in [0.717, 1.165) is 0 Å². The molecule has 0 aliphatic carbocycles. The summed E-state index contributed by atoms with van der Waals surface area (Å²) in [6, 6.07) is 0. The van der Waals surface area contributed by atoms with Gasteiger partial charge >= 0.3 is 17.1 Å². The third-order valence-corrected chi connectivity index (χ3v) is 0. The van der Waals surface area contributed by atoms with E-state index < -0.39 is 11.0 Å². The molecule has 40 valence electrons. The molecular weight excluding hydrogens is 150 g/mol. The van der Waals surface area contributed by atoms with Crippen LogP contribution in [0.25, 0.3) is 6.15 Å². The maximum Gasteiger partial charge on any atom is 2.00 e. The first-order valence-electron chi connectivity index (χ1n) is 0.516. The molecule has 0 amide bonds. The average Bonchev–Trinajstić information content (AvgIpc) is 0.811. The summed E-state index contributed by atoms with van der Waals surface area (Å²) in [4.78, 5) is 0. The Morgan fingerprint density at radius 1 is 1.33 bits per heavy atom. The van der Waals surface area contributed by atoms with Gasteiger partial charge in [-0.3, -0.25) is 0 Å². The first kappa shape index (κ1) is 16.2. The smallest absolute Gasteiger partial charge is 0.693 e. The fourth-order valence-corrected chi connectivity index (χ4v) is 0. The minimum atomic E-state index is -2.86. The Morgan fingerprint density at radius 2 is 1.33 bits per heavy atom. The van der Waals surface area contributed by atoms with Crippen molar-refractivity contribution in [2.45, 2.75) is 0 Å². The Bertz CT molecular complexity index is 59.2. The second kappa shape index (κ2) is 9.04. The summed E-state index contributed by atoms with van der Waals surface area (Å²) in [6.07, 6.45) is 0. The molecule has 0 unspecified atom stereocenters. The van der Waals surface area contributed by atoms with Gasteiger partial charge in [0.1, 0.15) is 0 Å². The van der Waals surface area contributed by atoms with Gasteiger partial charge in [-0.2, -0.15) is 0 Å². The summed E-state index contributed by atoms with van der Waals surface area (Å²) in [5.41, 5.74) is 0. The van der Waals surface area contributed by atoms with Crippen LogP contribution in [0.5, 0.6) is 0 Å². The molecule has 0 atom stereocenters. The Kier molecular flexibility index (Phi) is 24.3. The Morgan fingerprint density at radius 3 is 1.33 bits per heavy atom. The Labute approximate surface area is 47.8 Å². The zero-order valence-corrected chi connectivity index (χ0v) is 4.52. The molecule has 3 N–H and O–H groups in total. The van der Waals surface area contributed by atoms with Gasteiger partial charge in [-0.1, -0.05) is 0 Å². The van der Waals surface area contributed by atoms with Crippen LogP contribution in [0.1, 0.15) is 0 Å². The molecule has 0 spiro atoms. The molecule has 6 heteroatoms. The molecule has 0 aliphatic heterocycles. The molecule has 0 saturated carbocycles. The van der Waals surface area contributed by atoms with Crippen LogP contribution >= 0.6 is 0 Å². The van der Waals surface area contributed by atoms with E-state index in [1.807, 2.05) is 0 Å². The van der Waals surface area contributed by atoms with Crippen molar-refractivity contribution in [1.82, 2.24) is 0 Å². The normalized spacial score (nSPS) is 5.67. The van der Waals surface area contributed by atoms with Crippen molar-refractivity contribution < 1.29 is 30.0 Å². The zero-order chi connectivity index (χ0) is 3.58. The Hall–Kier alpha value is 0.389. The minimum absolute atomic E-state index is 0. The number of rotatable bonds is 0. The van der Waals surface area contributed by atoms with Crippen LogP contribution < -0.4 is 0 Å². The molecule has 0 rings (SSSR count). The second-order valence-electron chi connectivity index (χ2n) is 0.217. The van der Waals surface area contributed by atoms with Crippen molar-refractivity contribution in [3.63, 3.8) is 0 Å². The summed E-state index contributed by atoms with van der Waals surface area (Å²) in [5.74, 6) is 0. The standard InChI is InChI=1S/Fe.H2N.HO3S/c;;1-4(2)3/h;1H2;(H,1,2,3)/q+2;2*-1. The van der Waals surface area contributed by atoms with Crippen molar-refractivity contribution in [1.29, 1.82) is 0 Å². The maximum atomic E-state index is 8.56. The summed E-state index contributed by atoms with van der Waals surface area (Å²) in [5, 5.41) is 0. The molecule has 6 heavy (non-hydrogen) atoms. The molecule has 0 aromatic carbocycles. The predicted molar refractivity (Wildman–Crippen MR) is 16.7 cm³/mol. The zero-order valence-electron chi connectivity index (χ0n) is 2.60. The fourth-order valence-electron chi connectivity index (χ4n) is 0.